The summed E-state index contributed by atoms with van der Waals surface area (Å²) in [4.78, 5) is 16.5. The lowest BCUT2D eigenvalue weighted by Crippen LogP contribution is -2.48. The standard InChI is InChI=1S/C20H22Cl2N4O/c21-18-6-3-4-16(12-18)13-23-24-20(27)15-26-10-8-25(9-11-26)14-17-5-1-2-7-19(17)22/h1-7,12-13H,8-11,14-15H2,(H,24,27). The van der Waals surface area contributed by atoms with E-state index in [2.05, 4.69) is 26.4 Å². The van der Waals surface area contributed by atoms with Gasteiger partial charge in [-0.25, -0.2) is 5.43 Å². The maximum atomic E-state index is 12.1. The molecule has 2 aromatic rings. The normalized spacial score (nSPS) is 15.9. The Balaban J connectivity index is 1.39. The van der Waals surface area contributed by atoms with Gasteiger partial charge in [-0.1, -0.05) is 53.5 Å². The van der Waals surface area contributed by atoms with Gasteiger partial charge in [-0.3, -0.25) is 14.6 Å². The van der Waals surface area contributed by atoms with Crippen molar-refractivity contribution in [2.45, 2.75) is 6.54 Å². The number of carbonyl (C=O) groups excluding carboxylic acids is 1. The summed E-state index contributed by atoms with van der Waals surface area (Å²) in [6.45, 7) is 4.68. The van der Waals surface area contributed by atoms with Crippen molar-refractivity contribution in [2.24, 2.45) is 5.10 Å². The molecule has 1 heterocycles. The Bertz CT molecular complexity index is 804. The monoisotopic (exact) mass is 404 g/mol. The molecule has 142 valence electrons. The Hall–Kier alpha value is -1.92. The SMILES string of the molecule is O=C(CN1CCN(Cc2ccccc2Cl)CC1)NN=Cc1cccc(Cl)c1. The molecule has 1 saturated heterocycles. The molecule has 3 rings (SSSR count). The van der Waals surface area contributed by atoms with Crippen LogP contribution in [0.5, 0.6) is 0 Å². The Morgan fingerprint density at radius 1 is 1.04 bits per heavy atom. The summed E-state index contributed by atoms with van der Waals surface area (Å²) in [5.41, 5.74) is 4.55. The first kappa shape index (κ1) is 19.8. The number of nitrogens with zero attached hydrogens (tertiary/aromatic N) is 3. The number of hydrogen-bond donors (Lipinski definition) is 1. The van der Waals surface area contributed by atoms with Crippen LogP contribution in [-0.4, -0.2) is 54.6 Å². The summed E-state index contributed by atoms with van der Waals surface area (Å²) < 4.78 is 0. The molecule has 1 amide bonds. The van der Waals surface area contributed by atoms with Crippen molar-refractivity contribution in [3.05, 3.63) is 69.7 Å². The predicted molar refractivity (Wildman–Crippen MR) is 110 cm³/mol. The molecule has 1 aliphatic rings. The van der Waals surface area contributed by atoms with Crippen molar-refractivity contribution < 1.29 is 4.79 Å². The molecule has 0 bridgehead atoms. The van der Waals surface area contributed by atoms with Crippen LogP contribution in [0.1, 0.15) is 11.1 Å². The van der Waals surface area contributed by atoms with Crippen molar-refractivity contribution in [1.29, 1.82) is 0 Å². The van der Waals surface area contributed by atoms with Crippen LogP contribution in [0.25, 0.3) is 0 Å². The van der Waals surface area contributed by atoms with Gasteiger partial charge >= 0.3 is 0 Å². The van der Waals surface area contributed by atoms with Gasteiger partial charge in [-0.15, -0.1) is 0 Å². The van der Waals surface area contributed by atoms with E-state index in [9.17, 15) is 4.79 Å². The summed E-state index contributed by atoms with van der Waals surface area (Å²) in [5.74, 6) is -0.118. The van der Waals surface area contributed by atoms with E-state index < -0.39 is 0 Å². The highest BCUT2D eigenvalue weighted by Gasteiger charge is 2.19. The van der Waals surface area contributed by atoms with E-state index in [4.69, 9.17) is 23.2 Å². The smallest absolute Gasteiger partial charge is 0.254 e. The van der Waals surface area contributed by atoms with Gasteiger partial charge < -0.3 is 0 Å². The van der Waals surface area contributed by atoms with E-state index in [1.165, 1.54) is 0 Å². The summed E-state index contributed by atoms with van der Waals surface area (Å²) in [7, 11) is 0. The predicted octanol–water partition coefficient (Wildman–Crippen LogP) is 3.26. The third kappa shape index (κ3) is 6.33. The molecule has 0 aromatic heterocycles. The number of rotatable bonds is 6. The molecule has 0 unspecified atom stereocenters. The highest BCUT2D eigenvalue weighted by Crippen LogP contribution is 2.17. The van der Waals surface area contributed by atoms with Gasteiger partial charge in [-0.05, 0) is 29.3 Å². The number of piperazine rings is 1. The molecule has 0 aliphatic carbocycles. The molecule has 1 aliphatic heterocycles. The van der Waals surface area contributed by atoms with Crippen LogP contribution in [-0.2, 0) is 11.3 Å². The van der Waals surface area contributed by atoms with Crippen molar-refractivity contribution >= 4 is 35.3 Å². The van der Waals surface area contributed by atoms with E-state index in [1.807, 2.05) is 30.3 Å². The molecule has 7 heteroatoms. The van der Waals surface area contributed by atoms with E-state index in [-0.39, 0.29) is 5.91 Å². The van der Waals surface area contributed by atoms with E-state index in [0.29, 0.717) is 11.6 Å². The van der Waals surface area contributed by atoms with Gasteiger partial charge in [-0.2, -0.15) is 5.10 Å². The third-order valence-corrected chi connectivity index (χ3v) is 5.04. The Morgan fingerprint density at radius 3 is 2.52 bits per heavy atom. The number of carbonyl (C=O) groups is 1. The molecule has 5 nitrogen and oxygen atoms in total. The van der Waals surface area contributed by atoms with Crippen LogP contribution in [0.2, 0.25) is 10.0 Å². The Labute approximate surface area is 169 Å². The minimum absolute atomic E-state index is 0.118. The van der Waals surface area contributed by atoms with Crippen molar-refractivity contribution in [3.63, 3.8) is 0 Å². The molecular weight excluding hydrogens is 383 g/mol. The second-order valence-corrected chi connectivity index (χ2v) is 7.34. The van der Waals surface area contributed by atoms with Crippen LogP contribution in [0.4, 0.5) is 0 Å². The molecule has 27 heavy (non-hydrogen) atoms. The zero-order valence-corrected chi connectivity index (χ0v) is 16.5. The summed E-state index contributed by atoms with van der Waals surface area (Å²) in [5, 5.41) is 5.44. The lowest BCUT2D eigenvalue weighted by atomic mass is 10.2. The van der Waals surface area contributed by atoms with Crippen molar-refractivity contribution in [2.75, 3.05) is 32.7 Å². The molecule has 1 fully saturated rings. The molecular formula is C20H22Cl2N4O. The molecule has 1 N–H and O–H groups in total. The molecule has 0 radical (unpaired) electrons. The lowest BCUT2D eigenvalue weighted by Gasteiger charge is -2.34. The first-order chi connectivity index (χ1) is 13.1. The van der Waals surface area contributed by atoms with Crippen LogP contribution in [0.15, 0.2) is 53.6 Å². The zero-order chi connectivity index (χ0) is 19.1. The van der Waals surface area contributed by atoms with Gasteiger partial charge in [0.1, 0.15) is 0 Å². The fraction of sp³-hybridized carbons (Fsp3) is 0.300. The third-order valence-electron chi connectivity index (χ3n) is 4.44. The maximum Gasteiger partial charge on any atom is 0.254 e. The zero-order valence-electron chi connectivity index (χ0n) is 14.9. The summed E-state index contributed by atoms with van der Waals surface area (Å²) >= 11 is 12.2. The number of nitrogens with one attached hydrogen (secondary N) is 1. The average molecular weight is 405 g/mol. The average Bonchev–Trinajstić information content (AvgIpc) is 2.65. The van der Waals surface area contributed by atoms with Gasteiger partial charge in [0, 0.05) is 42.8 Å². The van der Waals surface area contributed by atoms with Crippen molar-refractivity contribution in [3.8, 4) is 0 Å². The van der Waals surface area contributed by atoms with E-state index >= 15 is 0 Å². The first-order valence-corrected chi connectivity index (χ1v) is 9.61. The van der Waals surface area contributed by atoms with Crippen LogP contribution in [0, 0.1) is 0 Å². The first-order valence-electron chi connectivity index (χ1n) is 8.86. The lowest BCUT2D eigenvalue weighted by molar-refractivity contribution is -0.122. The highest BCUT2D eigenvalue weighted by molar-refractivity contribution is 6.31. The highest BCUT2D eigenvalue weighted by atomic mass is 35.5. The van der Waals surface area contributed by atoms with E-state index in [1.54, 1.807) is 18.3 Å². The maximum absolute atomic E-state index is 12.1. The minimum Gasteiger partial charge on any atom is -0.296 e. The van der Waals surface area contributed by atoms with Gasteiger partial charge in [0.15, 0.2) is 0 Å². The van der Waals surface area contributed by atoms with Gasteiger partial charge in [0.05, 0.1) is 12.8 Å². The number of halogens is 2. The fourth-order valence-electron chi connectivity index (χ4n) is 2.98. The van der Waals surface area contributed by atoms with Crippen LogP contribution in [0.3, 0.4) is 0 Å². The number of amides is 1. The van der Waals surface area contributed by atoms with Gasteiger partial charge in [0.25, 0.3) is 5.91 Å². The summed E-state index contributed by atoms with van der Waals surface area (Å²) in [6, 6.07) is 15.2. The fourth-order valence-corrected chi connectivity index (χ4v) is 3.37. The second-order valence-electron chi connectivity index (χ2n) is 6.49. The van der Waals surface area contributed by atoms with Crippen LogP contribution < -0.4 is 5.43 Å². The number of hydrazone groups is 1. The Morgan fingerprint density at radius 2 is 1.78 bits per heavy atom. The minimum atomic E-state index is -0.118. The van der Waals surface area contributed by atoms with Crippen molar-refractivity contribution in [1.82, 2.24) is 15.2 Å². The molecule has 2 aromatic carbocycles. The topological polar surface area (TPSA) is 47.9 Å². The quantitative estimate of drug-likeness (QED) is 0.593. The molecule has 0 spiro atoms. The van der Waals surface area contributed by atoms with E-state index in [0.717, 1.165) is 48.9 Å². The second kappa shape index (κ2) is 9.85. The largest absolute Gasteiger partial charge is 0.296 e. The number of hydrogen-bond acceptors (Lipinski definition) is 4. The molecule has 0 atom stereocenters. The summed E-state index contributed by atoms with van der Waals surface area (Å²) in [6.07, 6.45) is 1.59. The number of benzene rings is 2. The molecule has 0 saturated carbocycles. The van der Waals surface area contributed by atoms with Crippen LogP contribution >= 0.6 is 23.2 Å². The Kier molecular flexibility index (Phi) is 7.24. The van der Waals surface area contributed by atoms with Gasteiger partial charge in [0.2, 0.25) is 0 Å².